The number of aliphatic carboxylic acids is 1. The minimum atomic E-state index is -0.933. The Bertz CT molecular complexity index is 1140. The number of thiophene rings is 1. The monoisotopic (exact) mass is 464 g/mol. The molecule has 2 aromatic carbocycles. The zero-order valence-corrected chi connectivity index (χ0v) is 18.9. The molecule has 1 amide bonds. The maximum Gasteiger partial charge on any atom is 0.303 e. The van der Waals surface area contributed by atoms with Crippen LogP contribution in [0, 0.1) is 18.3 Å². The van der Waals surface area contributed by atoms with Crippen LogP contribution in [0.2, 0.25) is 0 Å². The van der Waals surface area contributed by atoms with Crippen LogP contribution >= 0.6 is 11.3 Å². The number of hydrogen-bond acceptors (Lipinski definition) is 6. The van der Waals surface area contributed by atoms with Crippen LogP contribution in [0.3, 0.4) is 0 Å². The normalized spacial score (nSPS) is 11.3. The van der Waals surface area contributed by atoms with Crippen LogP contribution in [0.1, 0.15) is 46.0 Å². The van der Waals surface area contributed by atoms with Gasteiger partial charge in [0, 0.05) is 12.5 Å². The van der Waals surface area contributed by atoms with Gasteiger partial charge in [0.1, 0.15) is 30.8 Å². The van der Waals surface area contributed by atoms with Gasteiger partial charge in [-0.25, -0.2) is 0 Å². The molecule has 0 aliphatic carbocycles. The highest BCUT2D eigenvalue weighted by atomic mass is 32.1. The molecule has 0 spiro atoms. The van der Waals surface area contributed by atoms with E-state index in [1.807, 2.05) is 54.1 Å². The van der Waals surface area contributed by atoms with Gasteiger partial charge in [-0.05, 0) is 59.0 Å². The van der Waals surface area contributed by atoms with Crippen LogP contribution in [-0.2, 0) is 11.4 Å². The number of carbonyl (C=O) groups excluding carboxylic acids is 1. The van der Waals surface area contributed by atoms with Gasteiger partial charge in [-0.3, -0.25) is 9.59 Å². The second-order valence-electron chi connectivity index (χ2n) is 7.31. The number of carboxylic acids is 1. The lowest BCUT2D eigenvalue weighted by Gasteiger charge is -2.23. The number of ether oxygens (including phenoxy) is 2. The van der Waals surface area contributed by atoms with Crippen LogP contribution < -0.4 is 14.8 Å². The number of benzene rings is 2. The van der Waals surface area contributed by atoms with E-state index in [1.54, 1.807) is 29.5 Å². The molecule has 170 valence electrons. The highest BCUT2D eigenvalue weighted by molar-refractivity contribution is 7.07. The van der Waals surface area contributed by atoms with Gasteiger partial charge in [-0.15, -0.1) is 0 Å². The first-order valence-corrected chi connectivity index (χ1v) is 11.3. The fourth-order valence-electron chi connectivity index (χ4n) is 3.27. The van der Waals surface area contributed by atoms with Crippen LogP contribution in [0.5, 0.6) is 11.5 Å². The molecule has 7 nitrogen and oxygen atoms in total. The third-order valence-corrected chi connectivity index (χ3v) is 5.67. The van der Waals surface area contributed by atoms with Gasteiger partial charge in [0.15, 0.2) is 0 Å². The largest absolute Gasteiger partial charge is 0.489 e. The van der Waals surface area contributed by atoms with E-state index in [0.29, 0.717) is 12.4 Å². The molecule has 0 radical (unpaired) electrons. The van der Waals surface area contributed by atoms with Crippen molar-refractivity contribution in [2.75, 3.05) is 6.54 Å². The molecule has 0 saturated heterocycles. The number of hydrogen-bond donors (Lipinski definition) is 2. The Labute approximate surface area is 196 Å². The van der Waals surface area contributed by atoms with E-state index in [0.717, 1.165) is 16.7 Å². The molecule has 2 N–H and O–H groups in total. The zero-order valence-electron chi connectivity index (χ0n) is 18.1. The van der Waals surface area contributed by atoms with E-state index in [2.05, 4.69) is 5.32 Å². The zero-order chi connectivity index (χ0) is 23.6. The third kappa shape index (κ3) is 6.82. The summed E-state index contributed by atoms with van der Waals surface area (Å²) in [4.78, 5) is 23.9. The summed E-state index contributed by atoms with van der Waals surface area (Å²) in [6.07, 6.45) is -0.458. The first-order chi connectivity index (χ1) is 16.0. The van der Waals surface area contributed by atoms with Gasteiger partial charge >= 0.3 is 5.97 Å². The number of nitrogens with one attached hydrogen (secondary N) is 1. The summed E-state index contributed by atoms with van der Waals surface area (Å²) in [5, 5.41) is 24.5. The number of nitriles is 1. The van der Waals surface area contributed by atoms with Crippen molar-refractivity contribution in [3.63, 3.8) is 0 Å². The van der Waals surface area contributed by atoms with Crippen molar-refractivity contribution in [1.82, 2.24) is 5.32 Å². The van der Waals surface area contributed by atoms with Crippen molar-refractivity contribution in [3.8, 4) is 17.6 Å². The molecule has 3 aromatic rings. The molecule has 0 fully saturated rings. The molecule has 3 rings (SSSR count). The summed E-state index contributed by atoms with van der Waals surface area (Å²) in [5.74, 6) is -0.628. The standard InChI is InChI=1S/C25H24N2O5S/c1-17-4-2-3-5-20(17)22(8-9-24(28)29)32-23-14-19(31-15-18-10-13-33-16-18)6-7-21(23)25(30)27-12-11-26/h2-7,10,13-14,16,22H,8-9,12,15H2,1H3,(H,27,30)(H,28,29)/t22-/m0/s1. The maximum atomic E-state index is 12.7. The Morgan fingerprint density at radius 1 is 1.21 bits per heavy atom. The fraction of sp³-hybridized carbons (Fsp3) is 0.240. The molecule has 0 aliphatic rings. The lowest BCUT2D eigenvalue weighted by molar-refractivity contribution is -0.137. The number of nitrogens with zero attached hydrogens (tertiary/aromatic N) is 1. The van der Waals surface area contributed by atoms with E-state index in [9.17, 15) is 14.7 Å². The minimum absolute atomic E-state index is 0.0939. The SMILES string of the molecule is Cc1ccccc1[C@H](CCC(=O)O)Oc1cc(OCc2ccsc2)ccc1C(=O)NCC#N. The van der Waals surface area contributed by atoms with Crippen molar-refractivity contribution in [3.05, 3.63) is 81.5 Å². The van der Waals surface area contributed by atoms with Crippen molar-refractivity contribution in [2.24, 2.45) is 0 Å². The van der Waals surface area contributed by atoms with Crippen LogP contribution in [0.15, 0.2) is 59.3 Å². The summed E-state index contributed by atoms with van der Waals surface area (Å²) in [6, 6.07) is 16.3. The van der Waals surface area contributed by atoms with Crippen LogP contribution in [-0.4, -0.2) is 23.5 Å². The second kappa shape index (κ2) is 11.7. The Morgan fingerprint density at radius 2 is 2.03 bits per heavy atom. The fourth-order valence-corrected chi connectivity index (χ4v) is 3.92. The molecule has 8 heteroatoms. The second-order valence-corrected chi connectivity index (χ2v) is 8.09. The first kappa shape index (κ1) is 23.8. The topological polar surface area (TPSA) is 109 Å². The molecule has 33 heavy (non-hydrogen) atoms. The summed E-state index contributed by atoms with van der Waals surface area (Å²) < 4.78 is 12.1. The van der Waals surface area contributed by atoms with Gasteiger partial charge in [-0.2, -0.15) is 16.6 Å². The Balaban J connectivity index is 1.92. The third-order valence-electron chi connectivity index (χ3n) is 4.94. The van der Waals surface area contributed by atoms with E-state index < -0.39 is 18.0 Å². The smallest absolute Gasteiger partial charge is 0.303 e. The van der Waals surface area contributed by atoms with E-state index >= 15 is 0 Å². The number of amides is 1. The average molecular weight is 465 g/mol. The highest BCUT2D eigenvalue weighted by Crippen LogP contribution is 2.33. The molecule has 0 saturated carbocycles. The van der Waals surface area contributed by atoms with Gasteiger partial charge in [0.2, 0.25) is 0 Å². The van der Waals surface area contributed by atoms with E-state index in [-0.39, 0.29) is 30.7 Å². The summed E-state index contributed by atoms with van der Waals surface area (Å²) in [6.45, 7) is 2.14. The van der Waals surface area contributed by atoms with Crippen LogP contribution in [0.25, 0.3) is 0 Å². The molecular formula is C25H24N2O5S. The van der Waals surface area contributed by atoms with Gasteiger partial charge in [0.25, 0.3) is 5.91 Å². The molecule has 0 unspecified atom stereocenters. The van der Waals surface area contributed by atoms with E-state index in [4.69, 9.17) is 14.7 Å². The maximum absolute atomic E-state index is 12.7. The van der Waals surface area contributed by atoms with Crippen molar-refractivity contribution < 1.29 is 24.2 Å². The van der Waals surface area contributed by atoms with Gasteiger partial charge in [0.05, 0.1) is 11.6 Å². The summed E-state index contributed by atoms with van der Waals surface area (Å²) in [5.41, 5.74) is 3.06. The van der Waals surface area contributed by atoms with Crippen molar-refractivity contribution in [1.29, 1.82) is 5.26 Å². The number of aryl methyl sites for hydroxylation is 1. The van der Waals surface area contributed by atoms with Crippen LogP contribution in [0.4, 0.5) is 0 Å². The summed E-state index contributed by atoms with van der Waals surface area (Å²) >= 11 is 1.58. The predicted octanol–water partition coefficient (Wildman–Crippen LogP) is 4.87. The lowest BCUT2D eigenvalue weighted by atomic mass is 9.99. The summed E-state index contributed by atoms with van der Waals surface area (Å²) in [7, 11) is 0. The number of rotatable bonds is 11. The van der Waals surface area contributed by atoms with Crippen molar-refractivity contribution in [2.45, 2.75) is 32.5 Å². The number of carboxylic acid groups (broad SMARTS) is 1. The Morgan fingerprint density at radius 3 is 2.73 bits per heavy atom. The molecule has 0 bridgehead atoms. The Kier molecular flexibility index (Phi) is 8.44. The first-order valence-electron chi connectivity index (χ1n) is 10.3. The minimum Gasteiger partial charge on any atom is -0.489 e. The molecular weight excluding hydrogens is 440 g/mol. The molecule has 0 aliphatic heterocycles. The lowest BCUT2D eigenvalue weighted by Crippen LogP contribution is -2.24. The molecule has 1 atom stereocenters. The highest BCUT2D eigenvalue weighted by Gasteiger charge is 2.21. The van der Waals surface area contributed by atoms with E-state index in [1.165, 1.54) is 0 Å². The number of carbonyl (C=O) groups is 2. The average Bonchev–Trinajstić information content (AvgIpc) is 3.33. The Hall–Kier alpha value is -3.83. The molecule has 1 heterocycles. The van der Waals surface area contributed by atoms with Crippen molar-refractivity contribution >= 4 is 23.2 Å². The predicted molar refractivity (Wildman–Crippen MR) is 124 cm³/mol. The van der Waals surface area contributed by atoms with Gasteiger partial charge in [-0.1, -0.05) is 24.3 Å². The van der Waals surface area contributed by atoms with Gasteiger partial charge < -0.3 is 19.9 Å². The molecule has 1 aromatic heterocycles. The quantitative estimate of drug-likeness (QED) is 0.392.